The largest absolute Gasteiger partial charge is 0.399 e. The summed E-state index contributed by atoms with van der Waals surface area (Å²) < 4.78 is 0. The van der Waals surface area contributed by atoms with E-state index >= 15 is 0 Å². The van der Waals surface area contributed by atoms with Gasteiger partial charge in [0.1, 0.15) is 0 Å². The highest BCUT2D eigenvalue weighted by Gasteiger charge is 2.24. The van der Waals surface area contributed by atoms with E-state index in [1.54, 1.807) is 0 Å². The van der Waals surface area contributed by atoms with Crippen LogP contribution in [0, 0.1) is 0 Å². The van der Waals surface area contributed by atoms with Crippen LogP contribution in [0.2, 0.25) is 0 Å². The molecule has 0 fully saturated rings. The number of anilines is 2. The lowest BCUT2D eigenvalue weighted by molar-refractivity contribution is 0.697. The van der Waals surface area contributed by atoms with E-state index < -0.39 is 0 Å². The van der Waals surface area contributed by atoms with E-state index in [0.29, 0.717) is 6.04 Å². The molecular weight excluding hydrogens is 220 g/mol. The van der Waals surface area contributed by atoms with Gasteiger partial charge in [0.05, 0.1) is 6.04 Å². The second-order valence-corrected chi connectivity index (χ2v) is 4.92. The Kier molecular flexibility index (Phi) is 2.71. The fraction of sp³-hybridized carbons (Fsp3) is 0.250. The minimum Gasteiger partial charge on any atom is -0.399 e. The van der Waals surface area contributed by atoms with Gasteiger partial charge in [-0.15, -0.1) is 0 Å². The predicted molar refractivity (Wildman–Crippen MR) is 76.8 cm³/mol. The molecule has 1 atom stereocenters. The smallest absolute Gasteiger partial charge is 0.0514 e. The number of fused-ring (bicyclic) bond motifs is 1. The number of nitrogens with zero attached hydrogens (tertiary/aromatic N) is 1. The fourth-order valence-corrected chi connectivity index (χ4v) is 2.73. The molecule has 1 aliphatic heterocycles. The summed E-state index contributed by atoms with van der Waals surface area (Å²) in [5.41, 5.74) is 10.8. The third-order valence-corrected chi connectivity index (χ3v) is 3.79. The number of benzene rings is 2. The first-order valence-electron chi connectivity index (χ1n) is 6.46. The van der Waals surface area contributed by atoms with E-state index in [0.717, 1.165) is 18.7 Å². The third kappa shape index (κ3) is 1.84. The van der Waals surface area contributed by atoms with Gasteiger partial charge in [-0.3, -0.25) is 0 Å². The van der Waals surface area contributed by atoms with Crippen LogP contribution in [0.25, 0.3) is 0 Å². The van der Waals surface area contributed by atoms with Gasteiger partial charge in [0.25, 0.3) is 0 Å². The predicted octanol–water partition coefficient (Wildman–Crippen LogP) is 3.39. The summed E-state index contributed by atoms with van der Waals surface area (Å²) in [5.74, 6) is 0. The van der Waals surface area contributed by atoms with Crippen molar-refractivity contribution in [3.05, 3.63) is 59.7 Å². The maximum Gasteiger partial charge on any atom is 0.0514 e. The number of hydrogen-bond acceptors (Lipinski definition) is 2. The Labute approximate surface area is 108 Å². The van der Waals surface area contributed by atoms with Crippen LogP contribution in [0.3, 0.4) is 0 Å². The molecule has 18 heavy (non-hydrogen) atoms. The van der Waals surface area contributed by atoms with E-state index in [-0.39, 0.29) is 0 Å². The van der Waals surface area contributed by atoms with Gasteiger partial charge in [0, 0.05) is 17.9 Å². The van der Waals surface area contributed by atoms with E-state index in [4.69, 9.17) is 5.73 Å². The molecule has 0 spiro atoms. The molecule has 0 unspecified atom stereocenters. The van der Waals surface area contributed by atoms with Crippen molar-refractivity contribution in [2.45, 2.75) is 19.4 Å². The van der Waals surface area contributed by atoms with Crippen molar-refractivity contribution in [1.82, 2.24) is 0 Å². The summed E-state index contributed by atoms with van der Waals surface area (Å²) in [6.07, 6.45) is 1.12. The van der Waals surface area contributed by atoms with Crippen molar-refractivity contribution in [1.29, 1.82) is 0 Å². The van der Waals surface area contributed by atoms with Crippen LogP contribution >= 0.6 is 0 Å². The van der Waals surface area contributed by atoms with Crippen molar-refractivity contribution in [3.8, 4) is 0 Å². The van der Waals surface area contributed by atoms with Crippen LogP contribution in [-0.2, 0) is 6.42 Å². The third-order valence-electron chi connectivity index (χ3n) is 3.79. The average molecular weight is 238 g/mol. The van der Waals surface area contributed by atoms with Crippen LogP contribution in [0.15, 0.2) is 48.5 Å². The van der Waals surface area contributed by atoms with Crippen LogP contribution in [-0.4, -0.2) is 6.54 Å². The molecule has 0 bridgehead atoms. The maximum atomic E-state index is 5.91. The number of rotatable bonds is 2. The molecule has 2 N–H and O–H groups in total. The summed E-state index contributed by atoms with van der Waals surface area (Å²) in [5, 5.41) is 0. The van der Waals surface area contributed by atoms with E-state index in [1.807, 2.05) is 6.07 Å². The van der Waals surface area contributed by atoms with Gasteiger partial charge in [0.2, 0.25) is 0 Å². The van der Waals surface area contributed by atoms with Gasteiger partial charge in [0.15, 0.2) is 0 Å². The molecular formula is C16H18N2. The van der Waals surface area contributed by atoms with Gasteiger partial charge in [-0.1, -0.05) is 36.4 Å². The Morgan fingerprint density at radius 3 is 2.67 bits per heavy atom. The molecule has 0 aromatic heterocycles. The van der Waals surface area contributed by atoms with Crippen LogP contribution in [0.1, 0.15) is 24.1 Å². The Bertz CT molecular complexity index is 548. The zero-order chi connectivity index (χ0) is 12.5. The summed E-state index contributed by atoms with van der Waals surface area (Å²) in [6.45, 7) is 3.34. The standard InChI is InChI=1S/C16H18N2/c1-12(13-5-3-2-4-6-13)18-10-9-14-7-8-15(17)11-16(14)18/h2-8,11-12H,9-10,17H2,1H3/t12-/m0/s1. The van der Waals surface area contributed by atoms with Gasteiger partial charge in [-0.25, -0.2) is 0 Å². The first kappa shape index (κ1) is 11.1. The molecule has 2 aromatic carbocycles. The molecule has 2 nitrogen and oxygen atoms in total. The maximum absolute atomic E-state index is 5.91. The molecule has 1 heterocycles. The highest BCUT2D eigenvalue weighted by Crippen LogP contribution is 2.36. The zero-order valence-corrected chi connectivity index (χ0v) is 10.6. The molecule has 3 rings (SSSR count). The normalized spacial score (nSPS) is 15.5. The van der Waals surface area contributed by atoms with Crippen molar-refractivity contribution in [2.75, 3.05) is 17.2 Å². The van der Waals surface area contributed by atoms with Crippen LogP contribution < -0.4 is 10.6 Å². The first-order valence-corrected chi connectivity index (χ1v) is 6.46. The minimum absolute atomic E-state index is 0.397. The fourth-order valence-electron chi connectivity index (χ4n) is 2.73. The number of nitrogens with two attached hydrogens (primary N) is 1. The molecule has 0 radical (unpaired) electrons. The van der Waals surface area contributed by atoms with Gasteiger partial charge < -0.3 is 10.6 Å². The SMILES string of the molecule is C[C@@H](c1ccccc1)N1CCc2ccc(N)cc21. The van der Waals surface area contributed by atoms with E-state index in [1.165, 1.54) is 16.8 Å². The lowest BCUT2D eigenvalue weighted by Gasteiger charge is -2.28. The molecule has 0 saturated carbocycles. The number of hydrogen-bond donors (Lipinski definition) is 1. The first-order chi connectivity index (χ1) is 8.75. The summed E-state index contributed by atoms with van der Waals surface area (Å²) in [6, 6.07) is 17.3. The molecule has 2 aromatic rings. The summed E-state index contributed by atoms with van der Waals surface area (Å²) in [4.78, 5) is 2.45. The molecule has 1 aliphatic rings. The second kappa shape index (κ2) is 4.37. The average Bonchev–Trinajstić information content (AvgIpc) is 2.82. The molecule has 0 amide bonds. The Morgan fingerprint density at radius 1 is 1.11 bits per heavy atom. The quantitative estimate of drug-likeness (QED) is 0.813. The van der Waals surface area contributed by atoms with Crippen LogP contribution in [0.4, 0.5) is 11.4 Å². The second-order valence-electron chi connectivity index (χ2n) is 4.92. The van der Waals surface area contributed by atoms with Crippen molar-refractivity contribution in [2.24, 2.45) is 0 Å². The van der Waals surface area contributed by atoms with Crippen molar-refractivity contribution in [3.63, 3.8) is 0 Å². The summed E-state index contributed by atoms with van der Waals surface area (Å²) >= 11 is 0. The monoisotopic (exact) mass is 238 g/mol. The molecule has 0 saturated heterocycles. The topological polar surface area (TPSA) is 29.3 Å². The van der Waals surface area contributed by atoms with Crippen molar-refractivity contribution >= 4 is 11.4 Å². The van der Waals surface area contributed by atoms with Gasteiger partial charge in [-0.2, -0.15) is 0 Å². The lowest BCUT2D eigenvalue weighted by atomic mass is 10.1. The number of nitrogen functional groups attached to an aromatic ring is 1. The van der Waals surface area contributed by atoms with E-state index in [9.17, 15) is 0 Å². The van der Waals surface area contributed by atoms with E-state index in [2.05, 4.69) is 54.3 Å². The molecule has 2 heteroatoms. The summed E-state index contributed by atoms with van der Waals surface area (Å²) in [7, 11) is 0. The zero-order valence-electron chi connectivity index (χ0n) is 10.6. The van der Waals surface area contributed by atoms with Crippen LogP contribution in [0.5, 0.6) is 0 Å². The van der Waals surface area contributed by atoms with Gasteiger partial charge in [-0.05, 0) is 36.6 Å². The molecule has 0 aliphatic carbocycles. The van der Waals surface area contributed by atoms with Crippen molar-refractivity contribution < 1.29 is 0 Å². The van der Waals surface area contributed by atoms with Gasteiger partial charge >= 0.3 is 0 Å². The Hall–Kier alpha value is -1.96. The Balaban J connectivity index is 1.94. The molecule has 92 valence electrons. The lowest BCUT2D eigenvalue weighted by Crippen LogP contribution is -2.24. The Morgan fingerprint density at radius 2 is 1.89 bits per heavy atom. The highest BCUT2D eigenvalue weighted by atomic mass is 15.2. The minimum atomic E-state index is 0.397. The highest BCUT2D eigenvalue weighted by molar-refractivity contribution is 5.65.